The molecule has 1 aliphatic carbocycles. The lowest BCUT2D eigenvalue weighted by Gasteiger charge is -2.53. The molecule has 14 aromatic rings. The van der Waals surface area contributed by atoms with Crippen LogP contribution >= 0.6 is 0 Å². The molecule has 0 atom stereocenters. The first-order valence-corrected chi connectivity index (χ1v) is 28.3. The molecule has 1 aliphatic rings. The van der Waals surface area contributed by atoms with Crippen LogP contribution in [-0.2, 0) is 5.41 Å². The Labute approximate surface area is 472 Å². The third-order valence-electron chi connectivity index (χ3n) is 17.5. The average Bonchev–Trinajstić information content (AvgIpc) is 1.77. The zero-order valence-corrected chi connectivity index (χ0v) is 46.5. The van der Waals surface area contributed by atoms with Gasteiger partial charge in [-0.3, -0.25) is 0 Å². The summed E-state index contributed by atoms with van der Waals surface area (Å²) in [4.78, 5) is 4.83. The van der Waals surface area contributed by atoms with Crippen molar-refractivity contribution in [3.05, 3.63) is 266 Å². The summed E-state index contributed by atoms with van der Waals surface area (Å²) in [5.41, 5.74) is 18.8. The Morgan fingerprint density at radius 1 is 0.296 bits per heavy atom. The van der Waals surface area contributed by atoms with E-state index in [2.05, 4.69) is 306 Å². The van der Waals surface area contributed by atoms with Crippen molar-refractivity contribution in [1.29, 1.82) is 0 Å². The Morgan fingerprint density at radius 3 is 1.10 bits per heavy atom. The maximum absolute atomic E-state index is 6.84. The summed E-state index contributed by atoms with van der Waals surface area (Å²) in [6.45, 7) is 14.8. The second kappa shape index (κ2) is 18.2. The third-order valence-corrected chi connectivity index (χ3v) is 17.5. The standard InChI is InChI=1S/C77H60N2O2/c1-75(2,3)77(76(4,5)6)71-57-45-41-53(78(65-33-17-13-27-55(65)49-23-9-7-10-24-49)67-35-21-31-63-59-29-15-19-37-69(59)80-73(63)67)47-51(57)39-43-61(71)62-44-40-52-48-54(42-46-58(52)72(62)77)79(66-34-18-14-28-56(66)50-25-11-8-12-26-50)68-36-22-32-64-60-30-16-20-38-70(60)81-74(64)68/h7-48H,1-6H3. The summed E-state index contributed by atoms with van der Waals surface area (Å²) >= 11 is 0. The van der Waals surface area contributed by atoms with E-state index in [9.17, 15) is 0 Å². The molecular formula is C77H60N2O2. The van der Waals surface area contributed by atoms with Crippen LogP contribution in [0.4, 0.5) is 34.1 Å². The van der Waals surface area contributed by atoms with E-state index in [0.29, 0.717) is 0 Å². The molecule has 0 spiro atoms. The van der Waals surface area contributed by atoms with Crippen LogP contribution in [0.5, 0.6) is 0 Å². The summed E-state index contributed by atoms with van der Waals surface area (Å²) in [5.74, 6) is 0. The largest absolute Gasteiger partial charge is 0.454 e. The molecule has 0 radical (unpaired) electrons. The van der Waals surface area contributed by atoms with Crippen molar-refractivity contribution < 1.29 is 8.83 Å². The van der Waals surface area contributed by atoms with E-state index in [-0.39, 0.29) is 10.8 Å². The van der Waals surface area contributed by atoms with Crippen LogP contribution in [0.3, 0.4) is 0 Å². The van der Waals surface area contributed by atoms with Gasteiger partial charge in [0.1, 0.15) is 11.2 Å². The van der Waals surface area contributed by atoms with E-state index in [1.54, 1.807) is 0 Å². The minimum Gasteiger partial charge on any atom is -0.454 e. The fraction of sp³-hybridized carbons (Fsp3) is 0.117. The van der Waals surface area contributed by atoms with Gasteiger partial charge in [-0.15, -0.1) is 0 Å². The van der Waals surface area contributed by atoms with Crippen LogP contribution in [0.25, 0.3) is 98.8 Å². The molecule has 390 valence electrons. The normalized spacial score (nSPS) is 13.2. The van der Waals surface area contributed by atoms with Crippen molar-refractivity contribution in [3.8, 4) is 33.4 Å². The molecule has 0 saturated heterocycles. The van der Waals surface area contributed by atoms with Crippen molar-refractivity contribution >= 4 is 99.5 Å². The summed E-state index contributed by atoms with van der Waals surface area (Å²) in [7, 11) is 0. The number of para-hydroxylation sites is 6. The molecule has 12 aromatic carbocycles. The molecule has 2 heterocycles. The van der Waals surface area contributed by atoms with Gasteiger partial charge in [-0.2, -0.15) is 0 Å². The summed E-state index contributed by atoms with van der Waals surface area (Å²) in [6, 6.07) is 92.7. The number of nitrogens with zero attached hydrogens (tertiary/aromatic N) is 2. The SMILES string of the molecule is CC(C)(C)C1(C(C)(C)C)c2c(ccc3cc(N(c4ccccc4-c4ccccc4)c4cccc5c4oc4ccccc45)ccc23)-c2ccc3cc(N(c4ccccc4-c4ccccc4)c4cccc5c4oc4ccccc45)ccc3c21. The molecule has 15 rings (SSSR count). The quantitative estimate of drug-likeness (QED) is 0.152. The maximum Gasteiger partial charge on any atom is 0.159 e. The van der Waals surface area contributed by atoms with Crippen LogP contribution in [0.1, 0.15) is 52.7 Å². The van der Waals surface area contributed by atoms with E-state index >= 15 is 0 Å². The van der Waals surface area contributed by atoms with Crippen molar-refractivity contribution in [2.75, 3.05) is 9.80 Å². The zero-order chi connectivity index (χ0) is 54.8. The predicted molar refractivity (Wildman–Crippen MR) is 341 cm³/mol. The van der Waals surface area contributed by atoms with E-state index in [1.165, 1.54) is 43.8 Å². The first kappa shape index (κ1) is 48.5. The highest BCUT2D eigenvalue weighted by molar-refractivity contribution is 6.13. The van der Waals surface area contributed by atoms with Crippen molar-refractivity contribution in [2.24, 2.45) is 10.8 Å². The first-order valence-electron chi connectivity index (χ1n) is 28.3. The smallest absolute Gasteiger partial charge is 0.159 e. The maximum atomic E-state index is 6.84. The fourth-order valence-electron chi connectivity index (χ4n) is 14.6. The van der Waals surface area contributed by atoms with Crippen LogP contribution in [0, 0.1) is 10.8 Å². The summed E-state index contributed by atoms with van der Waals surface area (Å²) in [6.07, 6.45) is 0. The number of furan rings is 2. The van der Waals surface area contributed by atoms with Gasteiger partial charge >= 0.3 is 0 Å². The van der Waals surface area contributed by atoms with Gasteiger partial charge < -0.3 is 18.6 Å². The number of anilines is 6. The van der Waals surface area contributed by atoms with Gasteiger partial charge in [0, 0.05) is 49.5 Å². The molecule has 0 fully saturated rings. The van der Waals surface area contributed by atoms with E-state index in [4.69, 9.17) is 8.83 Å². The lowest BCUT2D eigenvalue weighted by atomic mass is 9.49. The highest BCUT2D eigenvalue weighted by atomic mass is 16.3. The van der Waals surface area contributed by atoms with Gasteiger partial charge in [0.2, 0.25) is 0 Å². The summed E-state index contributed by atoms with van der Waals surface area (Å²) in [5, 5.41) is 9.31. The molecule has 4 nitrogen and oxygen atoms in total. The second-order valence-corrected chi connectivity index (χ2v) is 24.0. The van der Waals surface area contributed by atoms with E-state index in [0.717, 1.165) is 100 Å². The third kappa shape index (κ3) is 7.29. The lowest BCUT2D eigenvalue weighted by Crippen LogP contribution is -2.50. The van der Waals surface area contributed by atoms with Crippen LogP contribution in [-0.4, -0.2) is 0 Å². The molecule has 2 aromatic heterocycles. The number of fused-ring (bicyclic) bond motifs is 13. The minimum atomic E-state index is -0.439. The number of rotatable bonds is 8. The fourth-order valence-corrected chi connectivity index (χ4v) is 14.6. The second-order valence-electron chi connectivity index (χ2n) is 24.0. The highest BCUT2D eigenvalue weighted by Gasteiger charge is 2.59. The Hall–Kier alpha value is -9.64. The van der Waals surface area contributed by atoms with Crippen LogP contribution in [0.15, 0.2) is 264 Å². The molecule has 0 bridgehead atoms. The van der Waals surface area contributed by atoms with Crippen molar-refractivity contribution in [1.82, 2.24) is 0 Å². The van der Waals surface area contributed by atoms with Crippen molar-refractivity contribution in [2.45, 2.75) is 47.0 Å². The van der Waals surface area contributed by atoms with Crippen molar-refractivity contribution in [3.63, 3.8) is 0 Å². The predicted octanol–water partition coefficient (Wildman–Crippen LogP) is 22.4. The first-order chi connectivity index (χ1) is 39.5. The van der Waals surface area contributed by atoms with Crippen LogP contribution < -0.4 is 9.80 Å². The Morgan fingerprint density at radius 2 is 0.667 bits per heavy atom. The number of hydrogen-bond acceptors (Lipinski definition) is 4. The molecule has 0 saturated carbocycles. The minimum absolute atomic E-state index is 0.236. The number of benzene rings is 12. The lowest BCUT2D eigenvalue weighted by molar-refractivity contribution is 0.0977. The zero-order valence-electron chi connectivity index (χ0n) is 46.5. The monoisotopic (exact) mass is 1040 g/mol. The van der Waals surface area contributed by atoms with E-state index in [1.807, 2.05) is 0 Å². The molecule has 0 unspecified atom stereocenters. The molecule has 81 heavy (non-hydrogen) atoms. The topological polar surface area (TPSA) is 32.8 Å². The van der Waals surface area contributed by atoms with Gasteiger partial charge in [0.15, 0.2) is 11.2 Å². The van der Waals surface area contributed by atoms with Gasteiger partial charge in [-0.25, -0.2) is 0 Å². The summed E-state index contributed by atoms with van der Waals surface area (Å²) < 4.78 is 13.7. The Kier molecular flexibility index (Phi) is 10.9. The van der Waals surface area contributed by atoms with Gasteiger partial charge in [-0.1, -0.05) is 236 Å². The highest BCUT2D eigenvalue weighted by Crippen LogP contribution is 2.67. The molecule has 0 N–H and O–H groups in total. The van der Waals surface area contributed by atoms with Crippen LogP contribution in [0.2, 0.25) is 0 Å². The Bertz CT molecular complexity index is 4490. The molecular weight excluding hydrogens is 985 g/mol. The Balaban J connectivity index is 0.940. The van der Waals surface area contributed by atoms with Gasteiger partial charge in [0.05, 0.1) is 22.7 Å². The molecule has 0 amide bonds. The van der Waals surface area contributed by atoms with E-state index < -0.39 is 5.41 Å². The molecule has 0 aliphatic heterocycles. The molecule has 4 heteroatoms. The average molecular weight is 1050 g/mol. The number of hydrogen-bond donors (Lipinski definition) is 0. The van der Waals surface area contributed by atoms with Gasteiger partial charge in [0.25, 0.3) is 0 Å². The van der Waals surface area contributed by atoms with Gasteiger partial charge in [-0.05, 0) is 126 Å².